The number of aromatic nitrogens is 4. The molecule has 0 aromatic carbocycles. The summed E-state index contributed by atoms with van der Waals surface area (Å²) >= 11 is 0. The first kappa shape index (κ1) is 12.2. The number of anilines is 1. The highest BCUT2D eigenvalue weighted by molar-refractivity contribution is 5.78. The zero-order valence-corrected chi connectivity index (χ0v) is 10.9. The number of nitrogens with two attached hydrogens (primary N) is 1. The molecule has 0 saturated carbocycles. The highest BCUT2D eigenvalue weighted by atomic mass is 16.5. The van der Waals surface area contributed by atoms with Crippen molar-refractivity contribution in [2.75, 3.05) is 26.1 Å². The predicted octanol–water partition coefficient (Wildman–Crippen LogP) is 0.844. The number of hydrogen-bond donors (Lipinski definition) is 1. The Morgan fingerprint density at radius 3 is 2.95 bits per heavy atom. The number of fused-ring (bicyclic) bond motifs is 1. The second-order valence-electron chi connectivity index (χ2n) is 4.69. The lowest BCUT2D eigenvalue weighted by Crippen LogP contribution is -2.21. The van der Waals surface area contributed by atoms with E-state index in [0.717, 1.165) is 38.2 Å². The van der Waals surface area contributed by atoms with Gasteiger partial charge in [-0.3, -0.25) is 4.57 Å². The maximum absolute atomic E-state index is 5.99. The van der Waals surface area contributed by atoms with Gasteiger partial charge in [0.1, 0.15) is 6.33 Å². The van der Waals surface area contributed by atoms with E-state index in [1.54, 1.807) is 7.11 Å². The van der Waals surface area contributed by atoms with E-state index in [9.17, 15) is 0 Å². The summed E-state index contributed by atoms with van der Waals surface area (Å²) in [5, 5.41) is 0. The van der Waals surface area contributed by atoms with Gasteiger partial charge >= 0.3 is 0 Å². The van der Waals surface area contributed by atoms with Crippen LogP contribution in [0.4, 0.5) is 5.95 Å². The smallest absolute Gasteiger partial charge is 0.245 e. The largest absolute Gasteiger partial charge is 0.479 e. The van der Waals surface area contributed by atoms with Crippen LogP contribution in [-0.2, 0) is 11.3 Å². The molecule has 0 amide bonds. The maximum Gasteiger partial charge on any atom is 0.245 e. The third-order valence-electron chi connectivity index (χ3n) is 3.50. The molecule has 0 bridgehead atoms. The third kappa shape index (κ3) is 2.21. The summed E-state index contributed by atoms with van der Waals surface area (Å²) < 4.78 is 12.5. The van der Waals surface area contributed by atoms with Gasteiger partial charge in [-0.25, -0.2) is 9.97 Å². The molecule has 0 unspecified atom stereocenters. The van der Waals surface area contributed by atoms with E-state index in [2.05, 4.69) is 15.0 Å². The highest BCUT2D eigenvalue weighted by Gasteiger charge is 2.19. The lowest BCUT2D eigenvalue weighted by molar-refractivity contribution is 0.0617. The first-order valence-corrected chi connectivity index (χ1v) is 6.38. The minimum atomic E-state index is 0.459. The van der Waals surface area contributed by atoms with Gasteiger partial charge in [-0.1, -0.05) is 0 Å². The molecule has 1 aliphatic rings. The summed E-state index contributed by atoms with van der Waals surface area (Å²) in [6, 6.07) is 0. The Balaban J connectivity index is 1.96. The van der Waals surface area contributed by atoms with Crippen LogP contribution in [0.15, 0.2) is 6.33 Å². The van der Waals surface area contributed by atoms with Crippen LogP contribution in [0.5, 0.6) is 5.88 Å². The molecule has 7 heteroatoms. The number of ether oxygens (including phenoxy) is 2. The minimum Gasteiger partial charge on any atom is -0.479 e. The van der Waals surface area contributed by atoms with Crippen LogP contribution in [0.1, 0.15) is 12.8 Å². The first-order chi connectivity index (χ1) is 9.29. The number of methoxy groups -OCH3 is 1. The second kappa shape index (κ2) is 5.00. The average Bonchev–Trinajstić information content (AvgIpc) is 2.76. The van der Waals surface area contributed by atoms with Gasteiger partial charge in [0.15, 0.2) is 11.2 Å². The SMILES string of the molecule is COc1ncnc2c1nc(N)n2CC1CCOCC1. The van der Waals surface area contributed by atoms with Crippen LogP contribution in [0.3, 0.4) is 0 Å². The zero-order valence-electron chi connectivity index (χ0n) is 10.9. The predicted molar refractivity (Wildman–Crippen MR) is 69.8 cm³/mol. The topological polar surface area (TPSA) is 88.1 Å². The molecule has 0 aliphatic carbocycles. The van der Waals surface area contributed by atoms with E-state index in [0.29, 0.717) is 23.3 Å². The molecule has 2 N–H and O–H groups in total. The fraction of sp³-hybridized carbons (Fsp3) is 0.583. The molecule has 1 fully saturated rings. The molecule has 0 radical (unpaired) electrons. The van der Waals surface area contributed by atoms with Crippen LogP contribution >= 0.6 is 0 Å². The normalized spacial score (nSPS) is 16.9. The standard InChI is InChI=1S/C12H17N5O2/c1-18-11-9-10(14-7-15-11)17(12(13)16-9)6-8-2-4-19-5-3-8/h7-8H,2-6H2,1H3,(H2,13,16). The van der Waals surface area contributed by atoms with Gasteiger partial charge in [-0.2, -0.15) is 4.98 Å². The molecule has 19 heavy (non-hydrogen) atoms. The monoisotopic (exact) mass is 263 g/mol. The Morgan fingerprint density at radius 1 is 1.42 bits per heavy atom. The van der Waals surface area contributed by atoms with Crippen molar-refractivity contribution in [2.24, 2.45) is 5.92 Å². The van der Waals surface area contributed by atoms with Gasteiger partial charge in [-0.15, -0.1) is 0 Å². The number of nitrogen functional groups attached to an aromatic ring is 1. The molecule has 2 aromatic heterocycles. The van der Waals surface area contributed by atoms with E-state index in [1.165, 1.54) is 6.33 Å². The molecule has 1 aliphatic heterocycles. The van der Waals surface area contributed by atoms with Gasteiger partial charge in [0, 0.05) is 19.8 Å². The molecular weight excluding hydrogens is 246 g/mol. The van der Waals surface area contributed by atoms with E-state index in [4.69, 9.17) is 15.2 Å². The molecule has 1 saturated heterocycles. The molecule has 3 heterocycles. The second-order valence-corrected chi connectivity index (χ2v) is 4.69. The number of hydrogen-bond acceptors (Lipinski definition) is 6. The Morgan fingerprint density at radius 2 is 2.21 bits per heavy atom. The van der Waals surface area contributed by atoms with Gasteiger partial charge < -0.3 is 15.2 Å². The Bertz CT molecular complexity index is 577. The van der Waals surface area contributed by atoms with Crippen molar-refractivity contribution in [2.45, 2.75) is 19.4 Å². The van der Waals surface area contributed by atoms with Gasteiger partial charge in [0.05, 0.1) is 7.11 Å². The van der Waals surface area contributed by atoms with Gasteiger partial charge in [0.2, 0.25) is 11.8 Å². The Labute approximate surface area is 110 Å². The van der Waals surface area contributed by atoms with Crippen LogP contribution in [-0.4, -0.2) is 39.8 Å². The summed E-state index contributed by atoms with van der Waals surface area (Å²) in [6.45, 7) is 2.44. The van der Waals surface area contributed by atoms with E-state index in [1.807, 2.05) is 4.57 Å². The van der Waals surface area contributed by atoms with Crippen molar-refractivity contribution < 1.29 is 9.47 Å². The fourth-order valence-corrected chi connectivity index (χ4v) is 2.45. The Hall–Kier alpha value is -1.89. The summed E-state index contributed by atoms with van der Waals surface area (Å²) in [5.74, 6) is 1.47. The summed E-state index contributed by atoms with van der Waals surface area (Å²) in [7, 11) is 1.56. The number of nitrogens with zero attached hydrogens (tertiary/aromatic N) is 4. The average molecular weight is 263 g/mol. The molecule has 0 atom stereocenters. The van der Waals surface area contributed by atoms with Crippen molar-refractivity contribution in [1.29, 1.82) is 0 Å². The van der Waals surface area contributed by atoms with E-state index in [-0.39, 0.29) is 0 Å². The number of imidazole rings is 1. The quantitative estimate of drug-likeness (QED) is 0.883. The lowest BCUT2D eigenvalue weighted by atomic mass is 10.0. The van der Waals surface area contributed by atoms with Crippen molar-refractivity contribution in [3.8, 4) is 5.88 Å². The Kier molecular flexibility index (Phi) is 3.20. The maximum atomic E-state index is 5.99. The molecule has 102 valence electrons. The number of rotatable bonds is 3. The molecular formula is C12H17N5O2. The van der Waals surface area contributed by atoms with E-state index < -0.39 is 0 Å². The van der Waals surface area contributed by atoms with Crippen LogP contribution in [0.2, 0.25) is 0 Å². The minimum absolute atomic E-state index is 0.459. The lowest BCUT2D eigenvalue weighted by Gasteiger charge is -2.22. The molecule has 2 aromatic rings. The van der Waals surface area contributed by atoms with Crippen LogP contribution in [0.25, 0.3) is 11.2 Å². The van der Waals surface area contributed by atoms with Crippen LogP contribution < -0.4 is 10.5 Å². The highest BCUT2D eigenvalue weighted by Crippen LogP contribution is 2.25. The van der Waals surface area contributed by atoms with Crippen molar-refractivity contribution in [1.82, 2.24) is 19.5 Å². The van der Waals surface area contributed by atoms with Gasteiger partial charge in [-0.05, 0) is 18.8 Å². The molecule has 0 spiro atoms. The molecule has 3 rings (SSSR count). The zero-order chi connectivity index (χ0) is 13.2. The summed E-state index contributed by atoms with van der Waals surface area (Å²) in [6.07, 6.45) is 3.56. The van der Waals surface area contributed by atoms with Crippen molar-refractivity contribution >= 4 is 17.1 Å². The summed E-state index contributed by atoms with van der Waals surface area (Å²) in [5.41, 5.74) is 7.34. The van der Waals surface area contributed by atoms with Gasteiger partial charge in [0.25, 0.3) is 0 Å². The molecule has 7 nitrogen and oxygen atoms in total. The first-order valence-electron chi connectivity index (χ1n) is 6.38. The fourth-order valence-electron chi connectivity index (χ4n) is 2.45. The summed E-state index contributed by atoms with van der Waals surface area (Å²) in [4.78, 5) is 12.6. The van der Waals surface area contributed by atoms with Crippen molar-refractivity contribution in [3.63, 3.8) is 0 Å². The van der Waals surface area contributed by atoms with E-state index >= 15 is 0 Å². The third-order valence-corrected chi connectivity index (χ3v) is 3.50. The van der Waals surface area contributed by atoms with Crippen LogP contribution in [0, 0.1) is 5.92 Å². The van der Waals surface area contributed by atoms with Crippen molar-refractivity contribution in [3.05, 3.63) is 6.33 Å².